The topological polar surface area (TPSA) is 197 Å². The molecule has 222 valence electrons. The van der Waals surface area contributed by atoms with Crippen molar-refractivity contribution in [3.05, 3.63) is 132 Å². The molecule has 13 heteroatoms. The molecule has 46 heavy (non-hydrogen) atoms. The zero-order valence-corrected chi connectivity index (χ0v) is 23.3. The monoisotopic (exact) mass is 610 g/mol. The molecule has 0 unspecified atom stereocenters. The molecule has 0 aliphatic heterocycles. The van der Waals surface area contributed by atoms with Crippen LogP contribution in [-0.2, 0) is 5.60 Å². The highest BCUT2D eigenvalue weighted by atomic mass is 16.6. The molecule has 0 bridgehead atoms. The summed E-state index contributed by atoms with van der Waals surface area (Å²) in [6.45, 7) is 0. The molecule has 0 radical (unpaired) electrons. The van der Waals surface area contributed by atoms with E-state index in [2.05, 4.69) is 15.0 Å². The summed E-state index contributed by atoms with van der Waals surface area (Å²) >= 11 is 0. The van der Waals surface area contributed by atoms with Crippen LogP contribution in [-0.4, -0.2) is 34.8 Å². The molecule has 1 atom stereocenters. The van der Waals surface area contributed by atoms with E-state index in [1.807, 2.05) is 12.1 Å². The minimum Gasteiger partial charge on any atom is -0.376 e. The zero-order chi connectivity index (χ0) is 31.6. The molecule has 13 nitrogen and oxygen atoms in total. The van der Waals surface area contributed by atoms with Gasteiger partial charge in [-0.2, -0.15) is 0 Å². The van der Waals surface area contributed by atoms with Gasteiger partial charge in [-0.05, 0) is 23.8 Å². The maximum Gasteiger partial charge on any atom is 0.270 e. The van der Waals surface area contributed by atoms with Gasteiger partial charge < -0.3 is 20.1 Å². The van der Waals surface area contributed by atoms with E-state index >= 15 is 0 Å². The van der Waals surface area contributed by atoms with E-state index in [0.29, 0.717) is 82.3 Å². The summed E-state index contributed by atoms with van der Waals surface area (Å²) in [6, 6.07) is 20.6. The van der Waals surface area contributed by atoms with Crippen molar-refractivity contribution in [1.82, 2.24) is 15.0 Å². The van der Waals surface area contributed by atoms with Crippen LogP contribution in [0.1, 0.15) is 16.7 Å². The van der Waals surface area contributed by atoms with Crippen LogP contribution in [0.15, 0.2) is 85.1 Å². The number of benzene rings is 5. The molecule has 0 spiro atoms. The van der Waals surface area contributed by atoms with Gasteiger partial charge >= 0.3 is 0 Å². The first-order chi connectivity index (χ1) is 22.2. The maximum absolute atomic E-state index is 13.2. The van der Waals surface area contributed by atoms with Gasteiger partial charge in [0.15, 0.2) is 0 Å². The summed E-state index contributed by atoms with van der Waals surface area (Å²) in [5.74, 6) is 0. The molecule has 1 aliphatic rings. The second kappa shape index (κ2) is 8.52. The summed E-state index contributed by atoms with van der Waals surface area (Å²) < 4.78 is 0. The van der Waals surface area contributed by atoms with Gasteiger partial charge in [0.2, 0.25) is 0 Å². The van der Waals surface area contributed by atoms with Crippen LogP contribution >= 0.6 is 0 Å². The van der Waals surface area contributed by atoms with Crippen molar-refractivity contribution in [2.24, 2.45) is 0 Å². The van der Waals surface area contributed by atoms with Gasteiger partial charge in [-0.3, -0.25) is 30.3 Å². The molecule has 9 rings (SSSR count). The fourth-order valence-electron chi connectivity index (χ4n) is 7.31. The number of nitro benzene ring substituents is 3. The third-order valence-electron chi connectivity index (χ3n) is 9.20. The third kappa shape index (κ3) is 3.10. The molecule has 0 amide bonds. The van der Waals surface area contributed by atoms with Gasteiger partial charge in [-0.15, -0.1) is 0 Å². The Morgan fingerprint density at radius 1 is 0.609 bits per heavy atom. The predicted molar refractivity (Wildman–Crippen MR) is 171 cm³/mol. The SMILES string of the molecule is O=[N+]([O-])c1ccc2[nH]cc([C@@]3(O)c4ccccc4-c4c3c3c5cc([N+](=O)[O-])ccc5[nH]c3c3c4[nH]c4ccc([N+](=O)[O-])cc43)c2c1. The highest BCUT2D eigenvalue weighted by Gasteiger charge is 2.48. The molecule has 4 N–H and O–H groups in total. The number of non-ortho nitro benzene ring substituents is 3. The average molecular weight is 611 g/mol. The van der Waals surface area contributed by atoms with Gasteiger partial charge in [0.1, 0.15) is 5.60 Å². The van der Waals surface area contributed by atoms with Gasteiger partial charge in [0, 0.05) is 108 Å². The van der Waals surface area contributed by atoms with Crippen LogP contribution in [0.5, 0.6) is 0 Å². The number of rotatable bonds is 4. The minimum atomic E-state index is -1.88. The fraction of sp³-hybridized carbons (Fsp3) is 0.0303. The molecule has 8 aromatic rings. The summed E-state index contributed by atoms with van der Waals surface area (Å²) in [4.78, 5) is 44.0. The second-order valence-corrected chi connectivity index (χ2v) is 11.4. The molecular weight excluding hydrogens is 592 g/mol. The Morgan fingerprint density at radius 2 is 1.15 bits per heavy atom. The standard InChI is InChI=1S/C33H18N6O7/c40-33(23-14-34-24-8-5-15(37(41)42)11-19(23)24)22-4-2-1-3-18(22)27-30(33)28-20-12-16(38(43)44)6-9-25(20)35-32(28)29-21-13-17(39(45)46)7-10-26(21)36-31(27)29/h1-14,34-36,40H/t33-/m0/s1. The Labute approximate surface area is 255 Å². The number of fused-ring (bicyclic) bond motifs is 13. The van der Waals surface area contributed by atoms with E-state index in [0.717, 1.165) is 0 Å². The number of aromatic nitrogens is 3. The van der Waals surface area contributed by atoms with Crippen molar-refractivity contribution in [2.45, 2.75) is 5.60 Å². The van der Waals surface area contributed by atoms with Gasteiger partial charge in [0.05, 0.1) is 25.8 Å². The molecular formula is C33H18N6O7. The number of nitrogens with one attached hydrogen (secondary N) is 3. The Balaban J connectivity index is 1.54. The Bertz CT molecular complexity index is 2720. The fourth-order valence-corrected chi connectivity index (χ4v) is 7.31. The Hall–Kier alpha value is -6.60. The largest absolute Gasteiger partial charge is 0.376 e. The molecule has 0 saturated heterocycles. The van der Waals surface area contributed by atoms with Crippen LogP contribution < -0.4 is 0 Å². The van der Waals surface area contributed by atoms with Crippen LogP contribution in [0.3, 0.4) is 0 Å². The molecule has 5 aromatic carbocycles. The number of aliphatic hydroxyl groups is 1. The smallest absolute Gasteiger partial charge is 0.270 e. The number of aromatic amines is 3. The van der Waals surface area contributed by atoms with Crippen LogP contribution in [0.2, 0.25) is 0 Å². The number of nitro groups is 3. The zero-order valence-electron chi connectivity index (χ0n) is 23.3. The van der Waals surface area contributed by atoms with Gasteiger partial charge in [0.25, 0.3) is 17.1 Å². The van der Waals surface area contributed by atoms with Crippen LogP contribution in [0, 0.1) is 30.3 Å². The summed E-state index contributed by atoms with van der Waals surface area (Å²) in [5.41, 5.74) is 3.18. The highest BCUT2D eigenvalue weighted by Crippen LogP contribution is 2.58. The van der Waals surface area contributed by atoms with Crippen molar-refractivity contribution >= 4 is 71.6 Å². The van der Waals surface area contributed by atoms with Gasteiger partial charge in [-0.25, -0.2) is 0 Å². The maximum atomic E-state index is 13.2. The van der Waals surface area contributed by atoms with E-state index in [9.17, 15) is 35.4 Å². The van der Waals surface area contributed by atoms with Crippen molar-refractivity contribution in [2.75, 3.05) is 0 Å². The van der Waals surface area contributed by atoms with E-state index in [4.69, 9.17) is 0 Å². The normalized spacial score (nSPS) is 15.7. The lowest BCUT2D eigenvalue weighted by molar-refractivity contribution is -0.384. The lowest BCUT2D eigenvalue weighted by atomic mass is 9.81. The Kier molecular flexibility index (Phi) is 4.79. The minimum absolute atomic E-state index is 0.105. The number of hydrogen-bond acceptors (Lipinski definition) is 7. The first-order valence-corrected chi connectivity index (χ1v) is 14.1. The molecule has 1 aliphatic carbocycles. The second-order valence-electron chi connectivity index (χ2n) is 11.4. The quantitative estimate of drug-likeness (QED) is 0.117. The first-order valence-electron chi connectivity index (χ1n) is 14.1. The summed E-state index contributed by atoms with van der Waals surface area (Å²) in [5, 5.41) is 51.3. The Morgan fingerprint density at radius 3 is 1.78 bits per heavy atom. The summed E-state index contributed by atoms with van der Waals surface area (Å²) in [7, 11) is 0. The average Bonchev–Trinajstić information content (AvgIpc) is 3.80. The van der Waals surface area contributed by atoms with Crippen LogP contribution in [0.25, 0.3) is 65.6 Å². The lowest BCUT2D eigenvalue weighted by Crippen LogP contribution is -2.26. The third-order valence-corrected chi connectivity index (χ3v) is 9.20. The highest BCUT2D eigenvalue weighted by molar-refractivity contribution is 6.30. The van der Waals surface area contributed by atoms with Crippen molar-refractivity contribution in [3.63, 3.8) is 0 Å². The van der Waals surface area contributed by atoms with Crippen molar-refractivity contribution < 1.29 is 19.9 Å². The number of H-pyrrole nitrogens is 3. The lowest BCUT2D eigenvalue weighted by Gasteiger charge is -2.27. The van der Waals surface area contributed by atoms with Gasteiger partial charge in [-0.1, -0.05) is 24.3 Å². The van der Waals surface area contributed by atoms with E-state index in [-0.39, 0.29) is 17.1 Å². The van der Waals surface area contributed by atoms with E-state index in [1.54, 1.807) is 36.5 Å². The molecule has 0 saturated carbocycles. The van der Waals surface area contributed by atoms with E-state index in [1.165, 1.54) is 36.4 Å². The van der Waals surface area contributed by atoms with E-state index < -0.39 is 20.4 Å². The van der Waals surface area contributed by atoms with Crippen LogP contribution in [0.4, 0.5) is 17.1 Å². The number of nitrogens with zero attached hydrogens (tertiary/aromatic N) is 3. The number of hydrogen-bond donors (Lipinski definition) is 4. The molecule has 3 heterocycles. The van der Waals surface area contributed by atoms with Crippen molar-refractivity contribution in [3.8, 4) is 11.1 Å². The predicted octanol–water partition coefficient (Wildman–Crippen LogP) is 7.43. The molecule has 3 aromatic heterocycles. The molecule has 0 fully saturated rings. The van der Waals surface area contributed by atoms with Crippen molar-refractivity contribution in [1.29, 1.82) is 0 Å². The summed E-state index contributed by atoms with van der Waals surface area (Å²) in [6.07, 6.45) is 1.63. The first kappa shape index (κ1) is 25.9.